The lowest BCUT2D eigenvalue weighted by Crippen LogP contribution is -2.06. The fourth-order valence-corrected chi connectivity index (χ4v) is 8.37. The van der Waals surface area contributed by atoms with Crippen molar-refractivity contribution in [3.63, 3.8) is 0 Å². The SMILES string of the molecule is C1=CC2=CC=C(c3ccc(-c4cc(-c5nc(-c6ccc(-c7ccccc7)cc6)c6ccccc6n5)cc5c4oc4c6ccccc6ccc54)cc3)CC2C=C1. The molecule has 0 radical (unpaired) electrons. The van der Waals surface area contributed by atoms with Gasteiger partial charge < -0.3 is 4.42 Å². The van der Waals surface area contributed by atoms with Crippen LogP contribution in [0.4, 0.5) is 0 Å². The van der Waals surface area contributed by atoms with E-state index in [0.717, 1.165) is 78.0 Å². The molecule has 2 aromatic heterocycles. The highest BCUT2D eigenvalue weighted by Gasteiger charge is 2.21. The molecule has 7 aromatic carbocycles. The van der Waals surface area contributed by atoms with Crippen LogP contribution in [-0.2, 0) is 0 Å². The van der Waals surface area contributed by atoms with Gasteiger partial charge in [-0.25, -0.2) is 9.97 Å². The summed E-state index contributed by atoms with van der Waals surface area (Å²) in [6.07, 6.45) is 14.3. The number of aromatic nitrogens is 2. The summed E-state index contributed by atoms with van der Waals surface area (Å²) in [5, 5.41) is 5.41. The fraction of sp³-hybridized carbons (Fsp3) is 0.0385. The van der Waals surface area contributed by atoms with Crippen LogP contribution in [0.1, 0.15) is 12.0 Å². The first kappa shape index (κ1) is 31.4. The molecule has 11 rings (SSSR count). The maximum atomic E-state index is 6.88. The third kappa shape index (κ3) is 5.43. The third-order valence-corrected chi connectivity index (χ3v) is 11.2. The zero-order valence-electron chi connectivity index (χ0n) is 30.0. The zero-order chi connectivity index (χ0) is 36.3. The second-order valence-electron chi connectivity index (χ2n) is 14.5. The molecule has 0 saturated heterocycles. The fourth-order valence-electron chi connectivity index (χ4n) is 8.37. The van der Waals surface area contributed by atoms with Gasteiger partial charge in [0.15, 0.2) is 5.82 Å². The molecule has 1 unspecified atom stereocenters. The third-order valence-electron chi connectivity index (χ3n) is 11.2. The smallest absolute Gasteiger partial charge is 0.160 e. The van der Waals surface area contributed by atoms with Gasteiger partial charge in [-0.1, -0.05) is 164 Å². The maximum Gasteiger partial charge on any atom is 0.160 e. The van der Waals surface area contributed by atoms with E-state index in [4.69, 9.17) is 14.4 Å². The summed E-state index contributed by atoms with van der Waals surface area (Å²) < 4.78 is 6.88. The first-order valence-corrected chi connectivity index (χ1v) is 18.9. The van der Waals surface area contributed by atoms with Crippen LogP contribution in [0.5, 0.6) is 0 Å². The van der Waals surface area contributed by atoms with E-state index in [0.29, 0.717) is 11.7 Å². The van der Waals surface area contributed by atoms with Gasteiger partial charge in [-0.3, -0.25) is 0 Å². The summed E-state index contributed by atoms with van der Waals surface area (Å²) in [4.78, 5) is 10.5. The van der Waals surface area contributed by atoms with E-state index in [-0.39, 0.29) is 0 Å². The van der Waals surface area contributed by atoms with Gasteiger partial charge in [0.05, 0.1) is 11.2 Å². The number of benzene rings is 7. The Morgan fingerprint density at radius 3 is 2.09 bits per heavy atom. The summed E-state index contributed by atoms with van der Waals surface area (Å²) in [6, 6.07) is 53.7. The minimum absolute atomic E-state index is 0.431. The first-order chi connectivity index (χ1) is 27.2. The van der Waals surface area contributed by atoms with E-state index >= 15 is 0 Å². The molecule has 0 saturated carbocycles. The molecule has 2 heterocycles. The lowest BCUT2D eigenvalue weighted by molar-refractivity contribution is 0.674. The van der Waals surface area contributed by atoms with E-state index in [1.807, 2.05) is 12.1 Å². The molecule has 55 heavy (non-hydrogen) atoms. The quantitative estimate of drug-likeness (QED) is 0.179. The van der Waals surface area contributed by atoms with Gasteiger partial charge in [0.1, 0.15) is 11.2 Å². The number of para-hydroxylation sites is 1. The predicted octanol–water partition coefficient (Wildman–Crippen LogP) is 13.8. The Kier molecular flexibility index (Phi) is 7.31. The highest BCUT2D eigenvalue weighted by molar-refractivity contribution is 6.18. The van der Waals surface area contributed by atoms with Crippen LogP contribution in [0.3, 0.4) is 0 Å². The van der Waals surface area contributed by atoms with Crippen LogP contribution in [0, 0.1) is 5.92 Å². The first-order valence-electron chi connectivity index (χ1n) is 18.9. The number of hydrogen-bond acceptors (Lipinski definition) is 3. The Labute approximate surface area is 318 Å². The average Bonchev–Trinajstić information content (AvgIpc) is 3.65. The topological polar surface area (TPSA) is 38.9 Å². The summed E-state index contributed by atoms with van der Waals surface area (Å²) in [7, 11) is 0. The minimum Gasteiger partial charge on any atom is -0.455 e. The normalized spacial score (nSPS) is 15.1. The number of furan rings is 1. The molecule has 3 heteroatoms. The number of fused-ring (bicyclic) bond motifs is 7. The van der Waals surface area contributed by atoms with Gasteiger partial charge >= 0.3 is 0 Å². The van der Waals surface area contributed by atoms with Crippen molar-refractivity contribution in [2.75, 3.05) is 0 Å². The van der Waals surface area contributed by atoms with Crippen molar-refractivity contribution in [1.82, 2.24) is 9.97 Å². The Morgan fingerprint density at radius 2 is 1.22 bits per heavy atom. The van der Waals surface area contributed by atoms with Crippen molar-refractivity contribution >= 4 is 49.2 Å². The van der Waals surface area contributed by atoms with Gasteiger partial charge in [0, 0.05) is 44.2 Å². The number of nitrogens with zero attached hydrogens (tertiary/aromatic N) is 2. The van der Waals surface area contributed by atoms with Crippen LogP contribution in [0.15, 0.2) is 198 Å². The minimum atomic E-state index is 0.431. The largest absolute Gasteiger partial charge is 0.455 e. The van der Waals surface area contributed by atoms with Gasteiger partial charge in [-0.2, -0.15) is 0 Å². The average molecular weight is 703 g/mol. The summed E-state index contributed by atoms with van der Waals surface area (Å²) in [6.45, 7) is 0. The van der Waals surface area contributed by atoms with Crippen molar-refractivity contribution in [3.05, 3.63) is 199 Å². The summed E-state index contributed by atoms with van der Waals surface area (Å²) in [5.41, 5.74) is 14.0. The van der Waals surface area contributed by atoms with Crippen molar-refractivity contribution in [2.24, 2.45) is 5.92 Å². The molecule has 3 nitrogen and oxygen atoms in total. The van der Waals surface area contributed by atoms with Crippen LogP contribution in [-0.4, -0.2) is 9.97 Å². The van der Waals surface area contributed by atoms with Crippen molar-refractivity contribution in [3.8, 4) is 44.9 Å². The lowest BCUT2D eigenvalue weighted by Gasteiger charge is -2.22. The van der Waals surface area contributed by atoms with Gasteiger partial charge in [0.2, 0.25) is 0 Å². The van der Waals surface area contributed by atoms with E-state index in [1.54, 1.807) is 0 Å². The van der Waals surface area contributed by atoms with Crippen LogP contribution >= 0.6 is 0 Å². The second kappa shape index (κ2) is 12.8. The van der Waals surface area contributed by atoms with Crippen LogP contribution in [0.2, 0.25) is 0 Å². The molecule has 0 bridgehead atoms. The Balaban J connectivity index is 1.08. The highest BCUT2D eigenvalue weighted by atomic mass is 16.3. The van der Waals surface area contributed by atoms with Crippen LogP contribution < -0.4 is 0 Å². The van der Waals surface area contributed by atoms with Gasteiger partial charge in [-0.15, -0.1) is 0 Å². The van der Waals surface area contributed by atoms with Crippen molar-refractivity contribution < 1.29 is 4.42 Å². The maximum absolute atomic E-state index is 6.88. The van der Waals surface area contributed by atoms with E-state index in [9.17, 15) is 0 Å². The van der Waals surface area contributed by atoms with Crippen LogP contribution in [0.25, 0.3) is 94.1 Å². The molecule has 0 N–H and O–H groups in total. The summed E-state index contributed by atoms with van der Waals surface area (Å²) >= 11 is 0. The Morgan fingerprint density at radius 1 is 0.491 bits per heavy atom. The molecular formula is C52H34N2O. The molecule has 9 aromatic rings. The van der Waals surface area contributed by atoms with Crippen molar-refractivity contribution in [2.45, 2.75) is 6.42 Å². The number of rotatable bonds is 5. The standard InChI is InChI=1S/C52H34N2O/c1-2-10-33(11-3-1)35-20-25-39(26-21-35)49-45-16-8-9-17-48(45)53-52(54-49)42-31-46(51-47(32-42)44-29-28-37-13-6-7-15-43(37)50(44)55-51)38-23-18-36(19-24-38)41-27-22-34-12-4-5-14-40(34)30-41/h1-29,31-32,40H,30H2. The zero-order valence-corrected chi connectivity index (χ0v) is 30.0. The number of allylic oxidation sites excluding steroid dienone is 8. The Bertz CT molecular complexity index is 3090. The molecule has 2 aliphatic carbocycles. The second-order valence-corrected chi connectivity index (χ2v) is 14.5. The van der Waals surface area contributed by atoms with Gasteiger partial charge in [0.25, 0.3) is 0 Å². The predicted molar refractivity (Wildman–Crippen MR) is 229 cm³/mol. The molecule has 2 aliphatic rings. The molecule has 0 amide bonds. The van der Waals surface area contributed by atoms with Crippen molar-refractivity contribution in [1.29, 1.82) is 0 Å². The molecule has 0 aliphatic heterocycles. The summed E-state index contributed by atoms with van der Waals surface area (Å²) in [5.74, 6) is 1.11. The Hall–Kier alpha value is -7.10. The molecule has 258 valence electrons. The van der Waals surface area contributed by atoms with E-state index in [1.165, 1.54) is 27.8 Å². The lowest BCUT2D eigenvalue weighted by atomic mass is 9.82. The van der Waals surface area contributed by atoms with E-state index in [2.05, 4.69) is 176 Å². The van der Waals surface area contributed by atoms with E-state index < -0.39 is 0 Å². The van der Waals surface area contributed by atoms with Gasteiger partial charge in [-0.05, 0) is 69.5 Å². The molecular weight excluding hydrogens is 669 g/mol. The number of hydrogen-bond donors (Lipinski definition) is 0. The molecule has 0 fully saturated rings. The molecule has 0 spiro atoms. The molecule has 1 atom stereocenters. The monoisotopic (exact) mass is 702 g/mol. The highest BCUT2D eigenvalue weighted by Crippen LogP contribution is 2.43.